The number of ether oxygens (including phenoxy) is 3. The van der Waals surface area contributed by atoms with Crippen molar-refractivity contribution in [3.63, 3.8) is 0 Å². The third kappa shape index (κ3) is 5.60. The highest BCUT2D eigenvalue weighted by atomic mass is 32.2. The molecule has 0 saturated heterocycles. The molecule has 2 rings (SSSR count). The number of methoxy groups -OCH3 is 1. The second-order valence-corrected chi connectivity index (χ2v) is 7.57. The fraction of sp³-hybridized carbons (Fsp3) is 0.278. The Balaban J connectivity index is 2.17. The molecular weight excluding hydrogens is 374 g/mol. The minimum atomic E-state index is -0.483. The fourth-order valence-electron chi connectivity index (χ4n) is 2.18. The Bertz CT molecular complexity index is 851. The number of esters is 1. The van der Waals surface area contributed by atoms with Gasteiger partial charge in [-0.05, 0) is 35.9 Å². The molecule has 1 N–H and O–H groups in total. The Labute approximate surface area is 159 Å². The van der Waals surface area contributed by atoms with E-state index in [2.05, 4.69) is 5.32 Å². The molecule has 0 atom stereocenters. The zero-order chi connectivity index (χ0) is 19.1. The molecule has 6 nitrogen and oxygen atoms in total. The zero-order valence-electron chi connectivity index (χ0n) is 14.7. The Kier molecular flexibility index (Phi) is 7.23. The van der Waals surface area contributed by atoms with Crippen molar-refractivity contribution in [3.05, 3.63) is 29.3 Å². The van der Waals surface area contributed by atoms with Gasteiger partial charge in [-0.25, -0.2) is 4.79 Å². The topological polar surface area (TPSA) is 73.9 Å². The van der Waals surface area contributed by atoms with Crippen molar-refractivity contribution in [1.82, 2.24) is 5.32 Å². The smallest absolute Gasteiger partial charge is 0.344 e. The minimum absolute atomic E-state index is 0.160. The van der Waals surface area contributed by atoms with Crippen molar-refractivity contribution in [2.24, 2.45) is 0 Å². The van der Waals surface area contributed by atoms with Crippen LogP contribution in [0.25, 0.3) is 6.08 Å². The van der Waals surface area contributed by atoms with Crippen molar-refractivity contribution in [3.8, 4) is 11.5 Å². The number of nitrogens with one attached hydrogen (secondary N) is 1. The summed E-state index contributed by atoms with van der Waals surface area (Å²) in [5.74, 6) is 0.378. The van der Waals surface area contributed by atoms with E-state index in [0.29, 0.717) is 22.4 Å². The second kappa shape index (κ2) is 9.40. The summed E-state index contributed by atoms with van der Waals surface area (Å²) in [4.78, 5) is 22.7. The zero-order valence-corrected chi connectivity index (χ0v) is 16.4. The molecule has 140 valence electrons. The van der Waals surface area contributed by atoms with Gasteiger partial charge in [-0.3, -0.25) is 4.79 Å². The molecule has 0 bridgehead atoms. The number of rotatable bonds is 7. The molecule has 0 aliphatic carbocycles. The molecule has 1 aromatic rings. The van der Waals surface area contributed by atoms with Gasteiger partial charge in [0.25, 0.3) is 0 Å². The molecular formula is C18H20NO5S2-. The van der Waals surface area contributed by atoms with Crippen LogP contribution in [0.3, 0.4) is 0 Å². The van der Waals surface area contributed by atoms with E-state index in [-0.39, 0.29) is 12.5 Å². The Hall–Kier alpha value is -2.32. The molecule has 1 amide bonds. The third-order valence-corrected chi connectivity index (χ3v) is 5.52. The number of amides is 1. The van der Waals surface area contributed by atoms with Crippen LogP contribution in [0.1, 0.15) is 19.4 Å². The van der Waals surface area contributed by atoms with Gasteiger partial charge in [0.2, 0.25) is 5.91 Å². The van der Waals surface area contributed by atoms with Crippen molar-refractivity contribution in [2.75, 3.05) is 20.3 Å². The van der Waals surface area contributed by atoms with E-state index >= 15 is 0 Å². The van der Waals surface area contributed by atoms with Gasteiger partial charge in [0, 0.05) is 0 Å². The third-order valence-electron chi connectivity index (χ3n) is 3.22. The van der Waals surface area contributed by atoms with Gasteiger partial charge < -0.3 is 29.6 Å². The van der Waals surface area contributed by atoms with Gasteiger partial charge in [0.05, 0.1) is 13.7 Å². The van der Waals surface area contributed by atoms with Crippen LogP contribution in [0, 0.1) is 0 Å². The summed E-state index contributed by atoms with van der Waals surface area (Å²) in [6.07, 6.45) is 1.95. The molecule has 1 heterocycles. The summed E-state index contributed by atoms with van der Waals surface area (Å²) in [7, 11) is 1.05. The predicted octanol–water partition coefficient (Wildman–Crippen LogP) is 1.68. The van der Waals surface area contributed by atoms with E-state index in [9.17, 15) is 9.59 Å². The van der Waals surface area contributed by atoms with Crippen LogP contribution in [0.15, 0.2) is 23.8 Å². The summed E-state index contributed by atoms with van der Waals surface area (Å²) >= 11 is 5.14. The maximum atomic E-state index is 11.4. The average Bonchev–Trinajstić information content (AvgIpc) is 2.90. The Morgan fingerprint density at radius 1 is 1.35 bits per heavy atom. The number of benzene rings is 1. The second-order valence-electron chi connectivity index (χ2n) is 5.28. The first kappa shape index (κ1) is 20.0. The highest BCUT2D eigenvalue weighted by Gasteiger charge is 2.08. The molecule has 0 unspecified atom stereocenters. The first-order chi connectivity index (χ1) is 12.4. The summed E-state index contributed by atoms with van der Waals surface area (Å²) in [5, 5.41) is 6.13. The van der Waals surface area contributed by atoms with E-state index in [1.807, 2.05) is 24.4 Å². The van der Waals surface area contributed by atoms with Gasteiger partial charge in [0.15, 0.2) is 18.1 Å². The van der Waals surface area contributed by atoms with Crippen LogP contribution in [0.2, 0.25) is 0 Å². The van der Waals surface area contributed by atoms with Crippen LogP contribution >= 0.6 is 12.2 Å². The lowest BCUT2D eigenvalue weighted by atomic mass is 10.1. The normalized spacial score (nSPS) is 16.9. The van der Waals surface area contributed by atoms with Gasteiger partial charge in [-0.15, -0.1) is 5.37 Å². The lowest BCUT2D eigenvalue weighted by molar-refractivity contribution is -0.145. The van der Waals surface area contributed by atoms with Crippen LogP contribution in [-0.4, -0.2) is 47.3 Å². The predicted molar refractivity (Wildman–Crippen MR) is 109 cm³/mol. The molecule has 1 aliphatic heterocycles. The summed E-state index contributed by atoms with van der Waals surface area (Å²) < 4.78 is 16.1. The first-order valence-electron chi connectivity index (χ1n) is 7.84. The first-order valence-corrected chi connectivity index (χ1v) is 9.60. The van der Waals surface area contributed by atoms with Gasteiger partial charge in [-0.2, -0.15) is 5.37 Å². The number of carbonyl (C=O) groups is 2. The van der Waals surface area contributed by atoms with Gasteiger partial charge in [0.1, 0.15) is 0 Å². The van der Waals surface area contributed by atoms with E-state index in [4.69, 9.17) is 26.4 Å². The maximum Gasteiger partial charge on any atom is 0.344 e. The standard InChI is InChI=1S/C18H20NO5S2/c1-4-23-17(21)9-24-14-6-5-13(8-15(14)22-3)7-12(2)10-26-11-16(20)19-18(26)25/h5-8,10-11H,4,9H2,1-3H3,(H,19,20,25)/q-1. The molecule has 0 radical (unpaired) electrons. The molecule has 0 saturated carbocycles. The summed E-state index contributed by atoms with van der Waals surface area (Å²) in [6.45, 7) is 3.80. The average molecular weight is 394 g/mol. The van der Waals surface area contributed by atoms with E-state index < -0.39 is 16.0 Å². The van der Waals surface area contributed by atoms with Crippen LogP contribution in [0.4, 0.5) is 0 Å². The summed E-state index contributed by atoms with van der Waals surface area (Å²) in [5.41, 5.74) is 1.86. The van der Waals surface area contributed by atoms with Crippen molar-refractivity contribution in [1.29, 1.82) is 0 Å². The van der Waals surface area contributed by atoms with Crippen LogP contribution < -0.4 is 14.8 Å². The molecule has 8 heteroatoms. The lowest BCUT2D eigenvalue weighted by Gasteiger charge is -2.11. The molecule has 0 fully saturated rings. The Morgan fingerprint density at radius 2 is 2.12 bits per heavy atom. The van der Waals surface area contributed by atoms with E-state index in [1.54, 1.807) is 24.4 Å². The fourth-order valence-corrected chi connectivity index (χ4v) is 3.82. The van der Waals surface area contributed by atoms with Gasteiger partial charge in [-0.1, -0.05) is 29.9 Å². The molecule has 0 aromatic heterocycles. The maximum absolute atomic E-state index is 11.4. The van der Waals surface area contributed by atoms with Crippen molar-refractivity contribution in [2.45, 2.75) is 13.8 Å². The largest absolute Gasteiger partial charge is 0.493 e. The number of allylic oxidation sites excluding steroid dienone is 1. The Morgan fingerprint density at radius 3 is 2.73 bits per heavy atom. The monoisotopic (exact) mass is 394 g/mol. The summed E-state index contributed by atoms with van der Waals surface area (Å²) in [6, 6.07) is 5.39. The number of hydrogen-bond donors (Lipinski definition) is 1. The number of thiocarbonyl (C=S) groups is 1. The number of hydrogen-bond acceptors (Lipinski definition) is 7. The minimum Gasteiger partial charge on any atom is -0.493 e. The molecule has 1 aliphatic rings. The molecule has 26 heavy (non-hydrogen) atoms. The lowest BCUT2D eigenvalue weighted by Crippen LogP contribution is -2.21. The number of carbonyl (C=O) groups excluding carboxylic acids is 2. The van der Waals surface area contributed by atoms with Gasteiger partial charge >= 0.3 is 5.97 Å². The SMILES string of the molecule is CCOC(=O)COc1ccc(C=C(C)C=[S-]2=CC(=O)NC2=S)cc1OC. The molecule has 1 aromatic carbocycles. The van der Waals surface area contributed by atoms with E-state index in [1.165, 1.54) is 7.11 Å². The van der Waals surface area contributed by atoms with Crippen molar-refractivity contribution < 1.29 is 23.8 Å². The quantitative estimate of drug-likeness (QED) is 0.328. The van der Waals surface area contributed by atoms with Crippen LogP contribution in [0.5, 0.6) is 11.5 Å². The highest BCUT2D eigenvalue weighted by molar-refractivity contribution is 8.19. The molecule has 0 spiro atoms. The van der Waals surface area contributed by atoms with Crippen molar-refractivity contribution >= 4 is 55.3 Å². The van der Waals surface area contributed by atoms with E-state index in [0.717, 1.165) is 11.1 Å². The highest BCUT2D eigenvalue weighted by Crippen LogP contribution is 2.28. The van der Waals surface area contributed by atoms with Crippen LogP contribution in [-0.2, 0) is 24.4 Å².